The SMILES string of the molecule is COc1ccc2nc([S@@](=O)Cc3ncc(C)c(OC)c3C)[nH]c2c1.[H-].[Li+]. The molecule has 0 aliphatic carbocycles. The fraction of sp³-hybridized carbons (Fsp3) is 0.294. The van der Waals surface area contributed by atoms with E-state index >= 15 is 0 Å². The van der Waals surface area contributed by atoms with E-state index in [1.54, 1.807) is 20.4 Å². The van der Waals surface area contributed by atoms with Crippen molar-refractivity contribution in [2.24, 2.45) is 0 Å². The fourth-order valence-corrected chi connectivity index (χ4v) is 3.71. The second kappa shape index (κ2) is 8.04. The number of aryl methyl sites for hydroxylation is 1. The molecule has 0 spiro atoms. The number of hydrogen-bond donors (Lipinski definition) is 1. The van der Waals surface area contributed by atoms with Gasteiger partial charge in [0.1, 0.15) is 11.5 Å². The van der Waals surface area contributed by atoms with Gasteiger partial charge in [0.15, 0.2) is 5.16 Å². The summed E-state index contributed by atoms with van der Waals surface area (Å²) in [4.78, 5) is 11.9. The molecule has 0 saturated heterocycles. The van der Waals surface area contributed by atoms with Crippen LogP contribution in [0.15, 0.2) is 29.6 Å². The van der Waals surface area contributed by atoms with Crippen molar-refractivity contribution in [3.8, 4) is 11.5 Å². The number of ether oxygens (including phenoxy) is 2. The van der Waals surface area contributed by atoms with E-state index in [0.29, 0.717) is 5.16 Å². The van der Waals surface area contributed by atoms with Gasteiger partial charge < -0.3 is 15.9 Å². The van der Waals surface area contributed by atoms with Gasteiger partial charge in [-0.2, -0.15) is 0 Å². The Balaban J connectivity index is 0.00000169. The Labute approximate surface area is 162 Å². The topological polar surface area (TPSA) is 77.1 Å². The molecule has 0 aliphatic heterocycles. The van der Waals surface area contributed by atoms with Crippen molar-refractivity contribution in [3.63, 3.8) is 0 Å². The molecule has 2 aromatic heterocycles. The first kappa shape index (κ1) is 19.5. The van der Waals surface area contributed by atoms with Gasteiger partial charge in [-0.15, -0.1) is 0 Å². The van der Waals surface area contributed by atoms with Gasteiger partial charge in [-0.25, -0.2) is 4.98 Å². The molecular formula is C17H20LiN3O3S. The summed E-state index contributed by atoms with van der Waals surface area (Å²) in [5.41, 5.74) is 4.16. The Morgan fingerprint density at radius 3 is 2.68 bits per heavy atom. The Hall–Kier alpha value is -1.81. The van der Waals surface area contributed by atoms with Crippen LogP contribution in [0.5, 0.6) is 11.5 Å². The summed E-state index contributed by atoms with van der Waals surface area (Å²) < 4.78 is 23.3. The van der Waals surface area contributed by atoms with Gasteiger partial charge >= 0.3 is 18.9 Å². The van der Waals surface area contributed by atoms with Crippen LogP contribution in [0.25, 0.3) is 11.0 Å². The smallest absolute Gasteiger partial charge is 1.00 e. The second-order valence-corrected chi connectivity index (χ2v) is 6.83. The number of imidazole rings is 1. The standard InChI is InChI=1S/C17H19N3O3S.Li.H/c1-10-8-18-15(11(2)16(10)23-4)9-24(21)17-19-13-6-5-12(22-3)7-14(13)20-17;;/h5-8H,9H2,1-4H3,(H,19,20);;/q;+1;-1/t24-;;/m0../s1. The molecule has 1 atom stereocenters. The Morgan fingerprint density at radius 2 is 2.00 bits per heavy atom. The van der Waals surface area contributed by atoms with Crippen molar-refractivity contribution in [1.82, 2.24) is 15.0 Å². The quantitative estimate of drug-likeness (QED) is 0.654. The van der Waals surface area contributed by atoms with Gasteiger partial charge in [0.05, 0.1) is 47.5 Å². The van der Waals surface area contributed by atoms with Crippen LogP contribution in [0, 0.1) is 13.8 Å². The molecule has 0 unspecified atom stereocenters. The first-order valence-electron chi connectivity index (χ1n) is 7.44. The number of aromatic nitrogens is 3. The molecule has 0 aliphatic rings. The van der Waals surface area contributed by atoms with E-state index in [1.807, 2.05) is 32.0 Å². The van der Waals surface area contributed by atoms with Crippen LogP contribution >= 0.6 is 0 Å². The van der Waals surface area contributed by atoms with E-state index in [9.17, 15) is 4.21 Å². The summed E-state index contributed by atoms with van der Waals surface area (Å²) in [6.07, 6.45) is 1.74. The average molecular weight is 353 g/mol. The third-order valence-corrected chi connectivity index (χ3v) is 5.06. The number of nitrogens with zero attached hydrogens (tertiary/aromatic N) is 2. The number of H-pyrrole nitrogens is 1. The number of hydrogen-bond acceptors (Lipinski definition) is 5. The molecule has 8 heteroatoms. The summed E-state index contributed by atoms with van der Waals surface area (Å²) in [6, 6.07) is 5.50. The molecule has 1 aromatic carbocycles. The largest absolute Gasteiger partial charge is 1.00 e. The summed E-state index contributed by atoms with van der Waals surface area (Å²) in [5.74, 6) is 1.79. The first-order valence-corrected chi connectivity index (χ1v) is 8.76. The zero-order valence-electron chi connectivity index (χ0n) is 16.0. The van der Waals surface area contributed by atoms with Crippen LogP contribution in [0.2, 0.25) is 0 Å². The van der Waals surface area contributed by atoms with Crippen LogP contribution in [-0.4, -0.2) is 33.4 Å². The normalized spacial score (nSPS) is 11.8. The fourth-order valence-electron chi connectivity index (χ4n) is 2.61. The van der Waals surface area contributed by atoms with Crippen molar-refractivity contribution in [2.75, 3.05) is 14.2 Å². The Morgan fingerprint density at radius 1 is 1.24 bits per heavy atom. The number of pyridine rings is 1. The predicted molar refractivity (Wildman–Crippen MR) is 94.1 cm³/mol. The third-order valence-electron chi connectivity index (χ3n) is 3.90. The minimum atomic E-state index is -1.33. The number of nitrogens with one attached hydrogen (secondary N) is 1. The van der Waals surface area contributed by atoms with Crippen LogP contribution in [-0.2, 0) is 16.6 Å². The molecule has 3 rings (SSSR count). The number of aromatic amines is 1. The summed E-state index contributed by atoms with van der Waals surface area (Å²) in [5, 5.41) is 0.430. The van der Waals surface area contributed by atoms with Crippen LogP contribution < -0.4 is 28.3 Å². The van der Waals surface area contributed by atoms with Crippen molar-refractivity contribution in [1.29, 1.82) is 0 Å². The number of fused-ring (bicyclic) bond motifs is 1. The van der Waals surface area contributed by atoms with E-state index in [1.165, 1.54) is 0 Å². The number of methoxy groups -OCH3 is 2. The molecule has 0 bridgehead atoms. The van der Waals surface area contributed by atoms with Crippen molar-refractivity contribution in [2.45, 2.75) is 24.8 Å². The maximum absolute atomic E-state index is 12.7. The Kier molecular flexibility index (Phi) is 6.28. The van der Waals surface area contributed by atoms with E-state index in [4.69, 9.17) is 9.47 Å². The molecular weight excluding hydrogens is 333 g/mol. The molecule has 0 saturated carbocycles. The van der Waals surface area contributed by atoms with Gasteiger partial charge in [-0.3, -0.25) is 9.19 Å². The van der Waals surface area contributed by atoms with Gasteiger partial charge in [0, 0.05) is 23.4 Å². The average Bonchev–Trinajstić information content (AvgIpc) is 3.01. The van der Waals surface area contributed by atoms with Gasteiger partial charge in [-0.05, 0) is 26.0 Å². The Bertz CT molecular complexity index is 933. The molecule has 1 N–H and O–H groups in total. The summed E-state index contributed by atoms with van der Waals surface area (Å²) in [6.45, 7) is 3.86. The van der Waals surface area contributed by atoms with Gasteiger partial charge in [0.25, 0.3) is 0 Å². The minimum Gasteiger partial charge on any atom is -1.00 e. The zero-order valence-corrected chi connectivity index (χ0v) is 15.9. The van der Waals surface area contributed by atoms with Crippen LogP contribution in [0.1, 0.15) is 18.2 Å². The molecule has 0 fully saturated rings. The van der Waals surface area contributed by atoms with E-state index < -0.39 is 10.8 Å². The first-order chi connectivity index (χ1) is 11.5. The molecule has 0 radical (unpaired) electrons. The van der Waals surface area contributed by atoms with E-state index in [0.717, 1.165) is 39.4 Å². The van der Waals surface area contributed by atoms with E-state index in [-0.39, 0.29) is 26.0 Å². The maximum Gasteiger partial charge on any atom is 1.00 e. The maximum atomic E-state index is 12.7. The molecule has 128 valence electrons. The number of benzene rings is 1. The molecule has 25 heavy (non-hydrogen) atoms. The zero-order chi connectivity index (χ0) is 17.3. The van der Waals surface area contributed by atoms with Crippen molar-refractivity contribution >= 4 is 21.8 Å². The minimum absolute atomic E-state index is 0. The molecule has 2 heterocycles. The van der Waals surface area contributed by atoms with E-state index in [2.05, 4.69) is 15.0 Å². The molecule has 3 aromatic rings. The summed E-state index contributed by atoms with van der Waals surface area (Å²) in [7, 11) is 1.91. The van der Waals surface area contributed by atoms with Crippen molar-refractivity contribution < 1.29 is 34.0 Å². The van der Waals surface area contributed by atoms with Gasteiger partial charge in [-0.1, -0.05) is 0 Å². The molecule has 0 amide bonds. The molecule has 6 nitrogen and oxygen atoms in total. The summed E-state index contributed by atoms with van der Waals surface area (Å²) >= 11 is 0. The predicted octanol–water partition coefficient (Wildman–Crippen LogP) is 0.0162. The van der Waals surface area contributed by atoms with Crippen LogP contribution in [0.4, 0.5) is 0 Å². The number of rotatable bonds is 5. The third kappa shape index (κ3) is 3.89. The van der Waals surface area contributed by atoms with Gasteiger partial charge in [0.2, 0.25) is 0 Å². The second-order valence-electron chi connectivity index (χ2n) is 5.46. The van der Waals surface area contributed by atoms with Crippen molar-refractivity contribution in [3.05, 3.63) is 41.2 Å². The monoisotopic (exact) mass is 353 g/mol. The van der Waals surface area contributed by atoms with Crippen LogP contribution in [0.3, 0.4) is 0 Å².